The third-order valence-electron chi connectivity index (χ3n) is 3.61. The quantitative estimate of drug-likeness (QED) is 0.932. The van der Waals surface area contributed by atoms with Gasteiger partial charge in [0.15, 0.2) is 6.10 Å². The van der Waals surface area contributed by atoms with E-state index in [1.165, 1.54) is 0 Å². The average Bonchev–Trinajstić information content (AvgIpc) is 2.51. The van der Waals surface area contributed by atoms with Crippen LogP contribution in [-0.2, 0) is 4.79 Å². The van der Waals surface area contributed by atoms with Crippen LogP contribution in [0.3, 0.4) is 0 Å². The number of nitriles is 1. The van der Waals surface area contributed by atoms with Gasteiger partial charge in [-0.3, -0.25) is 4.79 Å². The van der Waals surface area contributed by atoms with E-state index in [4.69, 9.17) is 10.00 Å². The molecule has 0 fully saturated rings. The van der Waals surface area contributed by atoms with Gasteiger partial charge in [0.25, 0.3) is 5.91 Å². The molecule has 0 aromatic heterocycles. The molecule has 1 atom stereocenters. The van der Waals surface area contributed by atoms with Crippen molar-refractivity contribution in [3.8, 4) is 11.8 Å². The zero-order valence-electron chi connectivity index (χ0n) is 13.8. The summed E-state index contributed by atoms with van der Waals surface area (Å²) in [6.07, 6.45) is -0.704. The number of rotatable bonds is 4. The van der Waals surface area contributed by atoms with Crippen LogP contribution >= 0.6 is 0 Å². The van der Waals surface area contributed by atoms with Crippen LogP contribution in [0.5, 0.6) is 5.75 Å². The van der Waals surface area contributed by atoms with E-state index in [1.54, 1.807) is 31.2 Å². The van der Waals surface area contributed by atoms with Gasteiger partial charge in [0.05, 0.1) is 5.56 Å². The Hall–Kier alpha value is -2.80. The molecule has 118 valence electrons. The Morgan fingerprint density at radius 3 is 2.39 bits per heavy atom. The van der Waals surface area contributed by atoms with E-state index < -0.39 is 6.10 Å². The molecule has 1 N–H and O–H groups in total. The zero-order valence-corrected chi connectivity index (χ0v) is 13.8. The number of hydrogen-bond acceptors (Lipinski definition) is 3. The Labute approximate surface area is 136 Å². The molecule has 4 nitrogen and oxygen atoms in total. The van der Waals surface area contributed by atoms with Gasteiger partial charge in [0, 0.05) is 5.69 Å². The Bertz CT molecular complexity index is 752. The summed E-state index contributed by atoms with van der Waals surface area (Å²) in [5, 5.41) is 12.0. The van der Waals surface area contributed by atoms with Gasteiger partial charge in [-0.2, -0.15) is 5.26 Å². The lowest BCUT2D eigenvalue weighted by Gasteiger charge is -2.18. The van der Waals surface area contributed by atoms with Gasteiger partial charge in [-0.05, 0) is 51.0 Å². The molecule has 1 amide bonds. The fourth-order valence-corrected chi connectivity index (χ4v) is 2.51. The first-order valence-electron chi connectivity index (χ1n) is 7.47. The average molecular weight is 308 g/mol. The smallest absolute Gasteiger partial charge is 0.265 e. The second-order valence-corrected chi connectivity index (χ2v) is 5.63. The predicted molar refractivity (Wildman–Crippen MR) is 90.5 cm³/mol. The minimum absolute atomic E-state index is 0.243. The normalized spacial score (nSPS) is 11.4. The Balaban J connectivity index is 2.14. The number of nitrogens with one attached hydrogen (secondary N) is 1. The molecule has 0 aliphatic rings. The SMILES string of the molecule is Cc1cc(C)c(NC(=O)C(C)Oc2ccccc2C#N)c(C)c1. The molecular weight excluding hydrogens is 288 g/mol. The largest absolute Gasteiger partial charge is 0.480 e. The van der Waals surface area contributed by atoms with Gasteiger partial charge in [0.1, 0.15) is 11.8 Å². The predicted octanol–water partition coefficient (Wildman–Crippen LogP) is 3.89. The number of carbonyl (C=O) groups is 1. The molecule has 0 aliphatic carbocycles. The highest BCUT2D eigenvalue weighted by atomic mass is 16.5. The van der Waals surface area contributed by atoms with E-state index in [9.17, 15) is 4.79 Å². The standard InChI is InChI=1S/C19H20N2O2/c1-12-9-13(2)18(14(3)10-12)21-19(22)15(4)23-17-8-6-5-7-16(17)11-20/h5-10,15H,1-4H3,(H,21,22). The van der Waals surface area contributed by atoms with Gasteiger partial charge in [0.2, 0.25) is 0 Å². The second kappa shape index (κ2) is 6.97. The van der Waals surface area contributed by atoms with E-state index in [1.807, 2.05) is 32.9 Å². The maximum atomic E-state index is 12.4. The molecule has 0 heterocycles. The highest BCUT2D eigenvalue weighted by Gasteiger charge is 2.18. The molecule has 2 rings (SSSR count). The van der Waals surface area contributed by atoms with Crippen molar-refractivity contribution in [1.29, 1.82) is 5.26 Å². The first-order valence-corrected chi connectivity index (χ1v) is 7.47. The second-order valence-electron chi connectivity index (χ2n) is 5.63. The number of aryl methyl sites for hydroxylation is 3. The molecule has 0 aliphatic heterocycles. The summed E-state index contributed by atoms with van der Waals surface area (Å²) >= 11 is 0. The van der Waals surface area contributed by atoms with Crippen LogP contribution in [-0.4, -0.2) is 12.0 Å². The Morgan fingerprint density at radius 1 is 1.17 bits per heavy atom. The van der Waals surface area contributed by atoms with Crippen LogP contribution in [0, 0.1) is 32.1 Å². The van der Waals surface area contributed by atoms with E-state index in [2.05, 4.69) is 11.4 Å². The van der Waals surface area contributed by atoms with Crippen LogP contribution in [0.4, 0.5) is 5.69 Å². The van der Waals surface area contributed by atoms with Crippen LogP contribution in [0.25, 0.3) is 0 Å². The van der Waals surface area contributed by atoms with Crippen molar-refractivity contribution in [2.75, 3.05) is 5.32 Å². The van der Waals surface area contributed by atoms with E-state index in [0.717, 1.165) is 22.4 Å². The molecular formula is C19H20N2O2. The van der Waals surface area contributed by atoms with Crippen LogP contribution in [0.15, 0.2) is 36.4 Å². The van der Waals surface area contributed by atoms with E-state index >= 15 is 0 Å². The number of nitrogens with zero attached hydrogens (tertiary/aromatic N) is 1. The Kier molecular flexibility index (Phi) is 5.02. The van der Waals surface area contributed by atoms with Crippen LogP contribution in [0.1, 0.15) is 29.2 Å². The van der Waals surface area contributed by atoms with Gasteiger partial charge >= 0.3 is 0 Å². The number of ether oxygens (including phenoxy) is 1. The number of benzene rings is 2. The van der Waals surface area contributed by atoms with Crippen molar-refractivity contribution in [3.05, 3.63) is 58.7 Å². The Morgan fingerprint density at radius 2 is 1.78 bits per heavy atom. The number of hydrogen-bond donors (Lipinski definition) is 1. The van der Waals surface area contributed by atoms with Crippen molar-refractivity contribution >= 4 is 11.6 Å². The first-order chi connectivity index (χ1) is 10.9. The molecule has 0 radical (unpaired) electrons. The molecule has 2 aromatic rings. The van der Waals surface area contributed by atoms with E-state index in [0.29, 0.717) is 11.3 Å². The van der Waals surface area contributed by atoms with Crippen molar-refractivity contribution in [1.82, 2.24) is 0 Å². The maximum absolute atomic E-state index is 12.4. The summed E-state index contributed by atoms with van der Waals surface area (Å²) < 4.78 is 5.64. The lowest BCUT2D eigenvalue weighted by molar-refractivity contribution is -0.122. The first kappa shape index (κ1) is 16.6. The van der Waals surface area contributed by atoms with Crippen molar-refractivity contribution in [2.45, 2.75) is 33.8 Å². The molecule has 2 aromatic carbocycles. The molecule has 0 saturated carbocycles. The highest BCUT2D eigenvalue weighted by molar-refractivity contribution is 5.95. The van der Waals surface area contributed by atoms with Crippen molar-refractivity contribution < 1.29 is 9.53 Å². The summed E-state index contributed by atoms with van der Waals surface area (Å²) in [6.45, 7) is 7.62. The molecule has 1 unspecified atom stereocenters. The van der Waals surface area contributed by atoms with Crippen LogP contribution in [0.2, 0.25) is 0 Å². The summed E-state index contributed by atoms with van der Waals surface area (Å²) in [4.78, 5) is 12.4. The third kappa shape index (κ3) is 3.89. The lowest BCUT2D eigenvalue weighted by Crippen LogP contribution is -2.31. The fourth-order valence-electron chi connectivity index (χ4n) is 2.51. The third-order valence-corrected chi connectivity index (χ3v) is 3.61. The van der Waals surface area contributed by atoms with Gasteiger partial charge in [-0.1, -0.05) is 29.8 Å². The maximum Gasteiger partial charge on any atom is 0.265 e. The van der Waals surface area contributed by atoms with Crippen LogP contribution < -0.4 is 10.1 Å². The highest BCUT2D eigenvalue weighted by Crippen LogP contribution is 2.23. The summed E-state index contributed by atoms with van der Waals surface area (Å²) in [5.74, 6) is 0.169. The minimum Gasteiger partial charge on any atom is -0.480 e. The molecule has 0 bridgehead atoms. The van der Waals surface area contributed by atoms with Gasteiger partial charge < -0.3 is 10.1 Å². The van der Waals surface area contributed by atoms with Gasteiger partial charge in [-0.25, -0.2) is 0 Å². The molecule has 4 heteroatoms. The van der Waals surface area contributed by atoms with Crippen molar-refractivity contribution in [3.63, 3.8) is 0 Å². The summed E-state index contributed by atoms with van der Waals surface area (Å²) in [7, 11) is 0. The lowest BCUT2D eigenvalue weighted by atomic mass is 10.0. The van der Waals surface area contributed by atoms with E-state index in [-0.39, 0.29) is 5.91 Å². The molecule has 23 heavy (non-hydrogen) atoms. The number of amides is 1. The summed E-state index contributed by atoms with van der Waals surface area (Å²) in [5.41, 5.74) is 4.41. The molecule has 0 spiro atoms. The molecule has 0 saturated heterocycles. The topological polar surface area (TPSA) is 62.1 Å². The monoisotopic (exact) mass is 308 g/mol. The zero-order chi connectivity index (χ0) is 17.0. The summed E-state index contributed by atoms with van der Waals surface area (Å²) in [6, 6.07) is 13.0. The minimum atomic E-state index is -0.704. The number of carbonyl (C=O) groups excluding carboxylic acids is 1. The van der Waals surface area contributed by atoms with Gasteiger partial charge in [-0.15, -0.1) is 0 Å². The number of para-hydroxylation sites is 1. The fraction of sp³-hybridized carbons (Fsp3) is 0.263. The van der Waals surface area contributed by atoms with Crippen molar-refractivity contribution in [2.24, 2.45) is 0 Å². The number of anilines is 1.